The monoisotopic (exact) mass is 545 g/mol. The fourth-order valence-corrected chi connectivity index (χ4v) is 5.10. The maximum atomic E-state index is 13.5. The molecule has 13 heteroatoms. The van der Waals surface area contributed by atoms with E-state index in [-0.39, 0.29) is 38.3 Å². The Labute approximate surface area is 218 Å². The molecule has 190 valence electrons. The Hall–Kier alpha value is -3.57. The molecule has 1 aromatic carbocycles. The second-order valence-corrected chi connectivity index (χ2v) is 10.1. The molecular formula is C24H19Cl2F2N7O2. The maximum absolute atomic E-state index is 13.5. The molecule has 2 aliphatic carbocycles. The van der Waals surface area contributed by atoms with Crippen LogP contribution >= 0.6 is 23.2 Å². The molecule has 37 heavy (non-hydrogen) atoms. The topological polar surface area (TPSA) is 118 Å². The number of hydrogen-bond donors (Lipinski definition) is 3. The SMILES string of the molecule is O=C(NC1(C2CC2)CC1)c1c(NC(=O)c2cc(C(F)F)nn2-c2ncccc2Cl)c(Cl)cc2cn[nH]c12. The number of fused-ring (bicyclic) bond motifs is 1. The third-order valence-corrected chi connectivity index (χ3v) is 7.38. The van der Waals surface area contributed by atoms with Crippen molar-refractivity contribution in [2.24, 2.45) is 5.92 Å². The Balaban J connectivity index is 1.41. The Morgan fingerprint density at radius 2 is 1.95 bits per heavy atom. The number of rotatable bonds is 7. The van der Waals surface area contributed by atoms with Gasteiger partial charge in [-0.1, -0.05) is 23.2 Å². The molecule has 0 radical (unpaired) electrons. The van der Waals surface area contributed by atoms with Crippen LogP contribution in [0.1, 0.15) is 58.6 Å². The van der Waals surface area contributed by atoms with Gasteiger partial charge < -0.3 is 10.6 Å². The predicted molar refractivity (Wildman–Crippen MR) is 133 cm³/mol. The quantitative estimate of drug-likeness (QED) is 0.290. The van der Waals surface area contributed by atoms with Crippen LogP contribution in [0.5, 0.6) is 0 Å². The molecule has 2 saturated carbocycles. The zero-order chi connectivity index (χ0) is 25.9. The first-order valence-electron chi connectivity index (χ1n) is 11.6. The van der Waals surface area contributed by atoms with Gasteiger partial charge in [0.15, 0.2) is 5.82 Å². The molecule has 0 saturated heterocycles. The van der Waals surface area contributed by atoms with Crippen LogP contribution in [0.25, 0.3) is 16.7 Å². The van der Waals surface area contributed by atoms with Crippen molar-refractivity contribution < 1.29 is 18.4 Å². The first-order chi connectivity index (χ1) is 17.8. The average Bonchev–Trinajstić information content (AvgIpc) is 3.77. The fraction of sp³-hybridized carbons (Fsp3) is 0.292. The van der Waals surface area contributed by atoms with Gasteiger partial charge in [0.1, 0.15) is 11.4 Å². The van der Waals surface area contributed by atoms with Gasteiger partial charge in [-0.2, -0.15) is 10.2 Å². The number of H-pyrrole nitrogens is 1. The molecule has 9 nitrogen and oxygen atoms in total. The summed E-state index contributed by atoms with van der Waals surface area (Å²) in [5.74, 6) is -0.809. The summed E-state index contributed by atoms with van der Waals surface area (Å²) < 4.78 is 28.0. The highest BCUT2D eigenvalue weighted by Gasteiger charge is 2.55. The molecule has 0 aliphatic heterocycles. The van der Waals surface area contributed by atoms with Crippen LogP contribution in [0, 0.1) is 5.92 Å². The van der Waals surface area contributed by atoms with Crippen molar-refractivity contribution in [3.05, 3.63) is 63.7 Å². The van der Waals surface area contributed by atoms with Crippen LogP contribution in [0.2, 0.25) is 10.0 Å². The number of aromatic nitrogens is 5. The van der Waals surface area contributed by atoms with Gasteiger partial charge in [0.2, 0.25) is 0 Å². The van der Waals surface area contributed by atoms with E-state index in [0.717, 1.165) is 36.4 Å². The summed E-state index contributed by atoms with van der Waals surface area (Å²) in [6.45, 7) is 0. The first kappa shape index (κ1) is 23.8. The second-order valence-electron chi connectivity index (χ2n) is 9.26. The zero-order valence-electron chi connectivity index (χ0n) is 19.1. The molecule has 2 fully saturated rings. The summed E-state index contributed by atoms with van der Waals surface area (Å²) in [7, 11) is 0. The average molecular weight is 546 g/mol. The molecule has 6 rings (SSSR count). The first-order valence-corrected chi connectivity index (χ1v) is 12.3. The molecule has 4 aromatic rings. The van der Waals surface area contributed by atoms with Gasteiger partial charge in [0.05, 0.1) is 33.0 Å². The molecular weight excluding hydrogens is 527 g/mol. The van der Waals surface area contributed by atoms with Crippen molar-refractivity contribution in [2.75, 3.05) is 5.32 Å². The highest BCUT2D eigenvalue weighted by atomic mass is 35.5. The molecule has 3 aromatic heterocycles. The summed E-state index contributed by atoms with van der Waals surface area (Å²) in [5.41, 5.74) is -0.631. The van der Waals surface area contributed by atoms with Gasteiger partial charge >= 0.3 is 0 Å². The third-order valence-electron chi connectivity index (χ3n) is 6.79. The molecule has 2 amide bonds. The van der Waals surface area contributed by atoms with Gasteiger partial charge in [-0.25, -0.2) is 18.4 Å². The number of alkyl halides is 2. The number of amides is 2. The predicted octanol–water partition coefficient (Wildman–Crippen LogP) is 5.31. The minimum atomic E-state index is -2.95. The third kappa shape index (κ3) is 4.21. The maximum Gasteiger partial charge on any atom is 0.282 e. The highest BCUT2D eigenvalue weighted by molar-refractivity contribution is 6.36. The van der Waals surface area contributed by atoms with Crippen molar-refractivity contribution >= 4 is 51.6 Å². The van der Waals surface area contributed by atoms with E-state index in [4.69, 9.17) is 23.2 Å². The number of anilines is 1. The van der Waals surface area contributed by atoms with Crippen LogP contribution in [-0.2, 0) is 0 Å². The Morgan fingerprint density at radius 1 is 1.16 bits per heavy atom. The van der Waals surface area contributed by atoms with Gasteiger partial charge in [-0.3, -0.25) is 14.7 Å². The van der Waals surface area contributed by atoms with Crippen molar-refractivity contribution in [3.63, 3.8) is 0 Å². The summed E-state index contributed by atoms with van der Waals surface area (Å²) >= 11 is 12.7. The lowest BCUT2D eigenvalue weighted by molar-refractivity contribution is 0.0928. The van der Waals surface area contributed by atoms with Crippen molar-refractivity contribution in [1.29, 1.82) is 0 Å². The molecule has 2 aliphatic rings. The van der Waals surface area contributed by atoms with Crippen molar-refractivity contribution in [1.82, 2.24) is 30.3 Å². The number of nitrogens with zero attached hydrogens (tertiary/aromatic N) is 4. The molecule has 0 spiro atoms. The normalized spacial score (nSPS) is 16.2. The largest absolute Gasteiger partial charge is 0.346 e. The van der Waals surface area contributed by atoms with Gasteiger partial charge in [-0.15, -0.1) is 0 Å². The number of hydrogen-bond acceptors (Lipinski definition) is 5. The van der Waals surface area contributed by atoms with Crippen LogP contribution in [0.15, 0.2) is 36.7 Å². The van der Waals surface area contributed by atoms with E-state index in [9.17, 15) is 18.4 Å². The van der Waals surface area contributed by atoms with E-state index >= 15 is 0 Å². The van der Waals surface area contributed by atoms with Crippen LogP contribution < -0.4 is 10.6 Å². The summed E-state index contributed by atoms with van der Waals surface area (Å²) in [6.07, 6.45) is 3.86. The van der Waals surface area contributed by atoms with Gasteiger partial charge in [-0.05, 0) is 55.9 Å². The second kappa shape index (κ2) is 8.77. The number of halogens is 4. The van der Waals surface area contributed by atoms with Crippen LogP contribution in [0.4, 0.5) is 14.5 Å². The lowest BCUT2D eigenvalue weighted by atomic mass is 10.1. The zero-order valence-corrected chi connectivity index (χ0v) is 20.6. The van der Waals surface area contributed by atoms with E-state index in [1.807, 2.05) is 0 Å². The Morgan fingerprint density at radius 3 is 2.62 bits per heavy atom. The Kier molecular flexibility index (Phi) is 5.64. The van der Waals surface area contributed by atoms with E-state index in [1.165, 1.54) is 18.5 Å². The van der Waals surface area contributed by atoms with Crippen LogP contribution in [-0.4, -0.2) is 42.3 Å². The minimum absolute atomic E-state index is 0.00518. The number of benzene rings is 1. The lowest BCUT2D eigenvalue weighted by Gasteiger charge is -2.19. The van der Waals surface area contributed by atoms with E-state index in [2.05, 4.69) is 30.9 Å². The van der Waals surface area contributed by atoms with Crippen molar-refractivity contribution in [2.45, 2.75) is 37.6 Å². The fourth-order valence-electron chi connectivity index (χ4n) is 4.64. The number of aromatic amines is 1. The van der Waals surface area contributed by atoms with Crippen LogP contribution in [0.3, 0.4) is 0 Å². The Bertz CT molecular complexity index is 1560. The smallest absolute Gasteiger partial charge is 0.282 e. The highest BCUT2D eigenvalue weighted by Crippen LogP contribution is 2.54. The molecule has 0 atom stereocenters. The standard InChI is InChI=1S/C24H19Cl2F2N7O2/c25-13-2-1-7-29-21(13)35-16(9-15(34-35)20(27)28)22(36)31-19-14(26)8-11-10-30-33-18(11)17(19)23(37)32-24(5-6-24)12-3-4-12/h1-2,7-10,12,20H,3-6H2,(H,30,33)(H,31,36)(H,32,37). The van der Waals surface area contributed by atoms with Gasteiger partial charge in [0, 0.05) is 17.1 Å². The number of carbonyl (C=O) groups excluding carboxylic acids is 2. The molecule has 3 N–H and O–H groups in total. The number of nitrogens with one attached hydrogen (secondary N) is 3. The van der Waals surface area contributed by atoms with Crippen molar-refractivity contribution in [3.8, 4) is 5.82 Å². The lowest BCUT2D eigenvalue weighted by Crippen LogP contribution is -2.39. The van der Waals surface area contributed by atoms with E-state index in [1.54, 1.807) is 12.1 Å². The van der Waals surface area contributed by atoms with E-state index in [0.29, 0.717) is 16.8 Å². The van der Waals surface area contributed by atoms with E-state index < -0.39 is 23.9 Å². The molecule has 3 heterocycles. The summed E-state index contributed by atoms with van der Waals surface area (Å²) in [6, 6.07) is 5.55. The summed E-state index contributed by atoms with van der Waals surface area (Å²) in [5, 5.41) is 17.2. The molecule has 0 unspecified atom stereocenters. The minimum Gasteiger partial charge on any atom is -0.346 e. The number of carbonyl (C=O) groups is 2. The molecule has 0 bridgehead atoms. The summed E-state index contributed by atoms with van der Waals surface area (Å²) in [4.78, 5) is 31.1. The van der Waals surface area contributed by atoms with Gasteiger partial charge in [0.25, 0.3) is 18.2 Å². The number of pyridine rings is 1.